The second-order valence-electron chi connectivity index (χ2n) is 6.97. The predicted molar refractivity (Wildman–Crippen MR) is 101 cm³/mol. The van der Waals surface area contributed by atoms with Crippen molar-refractivity contribution in [2.45, 2.75) is 33.2 Å². The van der Waals surface area contributed by atoms with Crippen LogP contribution in [-0.2, 0) is 18.4 Å². The highest BCUT2D eigenvalue weighted by Gasteiger charge is 2.25. The van der Waals surface area contributed by atoms with Gasteiger partial charge in [-0.1, -0.05) is 5.92 Å². The second-order valence-corrected chi connectivity index (χ2v) is 6.97. The van der Waals surface area contributed by atoms with E-state index in [1.165, 1.54) is 0 Å². The van der Waals surface area contributed by atoms with E-state index in [0.717, 1.165) is 42.8 Å². The van der Waals surface area contributed by atoms with E-state index in [0.29, 0.717) is 24.1 Å². The van der Waals surface area contributed by atoms with Crippen LogP contribution in [0.25, 0.3) is 11.0 Å². The van der Waals surface area contributed by atoms with Gasteiger partial charge >= 0.3 is 0 Å². The smallest absolute Gasteiger partial charge is 0.273 e. The maximum atomic E-state index is 12.5. The number of piperidine rings is 1. The maximum Gasteiger partial charge on any atom is 0.273 e. The largest absolute Gasteiger partial charge is 0.352 e. The highest BCUT2D eigenvalue weighted by Crippen LogP contribution is 2.21. The minimum atomic E-state index is -0.152. The molecule has 0 bridgehead atoms. The van der Waals surface area contributed by atoms with Crippen LogP contribution in [0.15, 0.2) is 4.79 Å². The first-order chi connectivity index (χ1) is 12.4. The molecule has 0 aromatic carbocycles. The standard InChI is InChI=1S/C19H25N5O2/c1-5-8-24-9-6-14(7-10-24)18(25)20-11-15-12(2)16-17(21-13(15)3)23(4)22-19(16)26/h1,14H,6-11H2,2-4H3,(H,20,25)(H,22,26). The van der Waals surface area contributed by atoms with E-state index >= 15 is 0 Å². The number of aromatic nitrogens is 3. The van der Waals surface area contributed by atoms with Gasteiger partial charge in [-0.3, -0.25) is 24.3 Å². The number of hydrogen-bond donors (Lipinski definition) is 2. The summed E-state index contributed by atoms with van der Waals surface area (Å²) in [7, 11) is 1.77. The number of carbonyl (C=O) groups is 1. The number of fused-ring (bicyclic) bond motifs is 1. The molecule has 0 saturated carbocycles. The van der Waals surface area contributed by atoms with Crippen molar-refractivity contribution in [3.63, 3.8) is 0 Å². The number of rotatable bonds is 4. The van der Waals surface area contributed by atoms with Crippen molar-refractivity contribution in [2.24, 2.45) is 13.0 Å². The Morgan fingerprint density at radius 1 is 1.38 bits per heavy atom. The molecule has 0 atom stereocenters. The zero-order valence-electron chi connectivity index (χ0n) is 15.6. The van der Waals surface area contributed by atoms with Crippen LogP contribution < -0.4 is 10.9 Å². The number of H-pyrrole nitrogens is 1. The van der Waals surface area contributed by atoms with Gasteiger partial charge in [0.15, 0.2) is 5.65 Å². The summed E-state index contributed by atoms with van der Waals surface area (Å²) in [6.07, 6.45) is 6.98. The van der Waals surface area contributed by atoms with E-state index in [9.17, 15) is 9.59 Å². The molecule has 26 heavy (non-hydrogen) atoms. The summed E-state index contributed by atoms with van der Waals surface area (Å²) in [4.78, 5) is 31.4. The highest BCUT2D eigenvalue weighted by atomic mass is 16.2. The highest BCUT2D eigenvalue weighted by molar-refractivity contribution is 5.81. The van der Waals surface area contributed by atoms with Crippen molar-refractivity contribution < 1.29 is 4.79 Å². The normalized spacial score (nSPS) is 15.9. The second kappa shape index (κ2) is 7.34. The lowest BCUT2D eigenvalue weighted by atomic mass is 9.95. The molecule has 3 rings (SSSR count). The molecule has 1 saturated heterocycles. The Hall–Kier alpha value is -2.59. The number of nitrogens with one attached hydrogen (secondary N) is 2. The van der Waals surface area contributed by atoms with Crippen LogP contribution >= 0.6 is 0 Å². The van der Waals surface area contributed by atoms with Crippen molar-refractivity contribution >= 4 is 16.9 Å². The van der Waals surface area contributed by atoms with Crippen LogP contribution in [0.3, 0.4) is 0 Å². The number of aryl methyl sites for hydroxylation is 3. The van der Waals surface area contributed by atoms with Gasteiger partial charge in [0.25, 0.3) is 5.56 Å². The molecule has 2 N–H and O–H groups in total. The maximum absolute atomic E-state index is 12.5. The number of amides is 1. The van der Waals surface area contributed by atoms with Crippen LogP contribution in [0.2, 0.25) is 0 Å². The third-order valence-electron chi connectivity index (χ3n) is 5.29. The molecular weight excluding hydrogens is 330 g/mol. The Kier molecular flexibility index (Phi) is 5.14. The fourth-order valence-corrected chi connectivity index (χ4v) is 3.71. The van der Waals surface area contributed by atoms with Gasteiger partial charge < -0.3 is 5.32 Å². The number of terminal acetylenes is 1. The van der Waals surface area contributed by atoms with E-state index in [2.05, 4.69) is 26.2 Å². The average molecular weight is 355 g/mol. The Balaban J connectivity index is 1.70. The molecule has 0 spiro atoms. The summed E-state index contributed by atoms with van der Waals surface area (Å²) in [6.45, 7) is 6.55. The Morgan fingerprint density at radius 2 is 2.08 bits per heavy atom. The number of pyridine rings is 1. The molecule has 0 unspecified atom stereocenters. The molecule has 0 radical (unpaired) electrons. The monoisotopic (exact) mass is 355 g/mol. The summed E-state index contributed by atoms with van der Waals surface area (Å²) in [5.41, 5.74) is 3.10. The predicted octanol–water partition coefficient (Wildman–Crippen LogP) is 0.840. The molecule has 3 heterocycles. The van der Waals surface area contributed by atoms with Gasteiger partial charge in [0.1, 0.15) is 0 Å². The van der Waals surface area contributed by atoms with Gasteiger partial charge in [-0.2, -0.15) is 0 Å². The molecule has 2 aromatic rings. The van der Waals surface area contributed by atoms with E-state index in [-0.39, 0.29) is 17.4 Å². The van der Waals surface area contributed by atoms with E-state index in [4.69, 9.17) is 6.42 Å². The Morgan fingerprint density at radius 3 is 2.73 bits per heavy atom. The SMILES string of the molecule is C#CCN1CCC(C(=O)NCc2c(C)nc3c(c2C)c(=O)[nH]n3C)CC1. The van der Waals surface area contributed by atoms with Gasteiger partial charge in [0, 0.05) is 25.2 Å². The molecule has 1 amide bonds. The zero-order chi connectivity index (χ0) is 18.8. The fourth-order valence-electron chi connectivity index (χ4n) is 3.71. The minimum Gasteiger partial charge on any atom is -0.352 e. The van der Waals surface area contributed by atoms with Crippen molar-refractivity contribution in [2.75, 3.05) is 19.6 Å². The van der Waals surface area contributed by atoms with Gasteiger partial charge in [0.05, 0.1) is 11.9 Å². The van der Waals surface area contributed by atoms with Crippen LogP contribution in [0, 0.1) is 32.1 Å². The third kappa shape index (κ3) is 3.37. The Labute approximate surface area is 152 Å². The average Bonchev–Trinajstić information content (AvgIpc) is 2.89. The first-order valence-electron chi connectivity index (χ1n) is 8.90. The summed E-state index contributed by atoms with van der Waals surface area (Å²) >= 11 is 0. The topological polar surface area (TPSA) is 83.0 Å². The van der Waals surface area contributed by atoms with Crippen molar-refractivity contribution in [3.05, 3.63) is 27.2 Å². The number of hydrogen-bond acceptors (Lipinski definition) is 4. The lowest BCUT2D eigenvalue weighted by molar-refractivity contribution is -0.126. The number of aromatic amines is 1. The van der Waals surface area contributed by atoms with E-state index in [1.807, 2.05) is 13.8 Å². The molecule has 138 valence electrons. The van der Waals surface area contributed by atoms with E-state index < -0.39 is 0 Å². The number of nitrogens with zero attached hydrogens (tertiary/aromatic N) is 3. The molecular formula is C19H25N5O2. The molecule has 7 heteroatoms. The van der Waals surface area contributed by atoms with E-state index in [1.54, 1.807) is 11.7 Å². The van der Waals surface area contributed by atoms with Gasteiger partial charge in [-0.05, 0) is 50.9 Å². The van der Waals surface area contributed by atoms with Gasteiger partial charge in [0.2, 0.25) is 5.91 Å². The lowest BCUT2D eigenvalue weighted by Crippen LogP contribution is -2.40. The quantitative estimate of drug-likeness (QED) is 0.796. The molecule has 1 aliphatic rings. The fraction of sp³-hybridized carbons (Fsp3) is 0.526. The molecule has 7 nitrogen and oxygen atoms in total. The first kappa shape index (κ1) is 18.2. The van der Waals surface area contributed by atoms with Crippen molar-refractivity contribution in [3.8, 4) is 12.3 Å². The summed E-state index contributed by atoms with van der Waals surface area (Å²) in [5, 5.41) is 6.35. The van der Waals surface area contributed by atoms with Crippen molar-refractivity contribution in [1.82, 2.24) is 25.0 Å². The minimum absolute atomic E-state index is 0.0152. The summed E-state index contributed by atoms with van der Waals surface area (Å²) in [5.74, 6) is 2.73. The number of carbonyl (C=O) groups excluding carboxylic acids is 1. The van der Waals surface area contributed by atoms with Crippen molar-refractivity contribution in [1.29, 1.82) is 0 Å². The summed E-state index contributed by atoms with van der Waals surface area (Å²) in [6, 6.07) is 0. The molecule has 2 aromatic heterocycles. The summed E-state index contributed by atoms with van der Waals surface area (Å²) < 4.78 is 1.63. The van der Waals surface area contributed by atoms with Crippen LogP contribution in [0.5, 0.6) is 0 Å². The van der Waals surface area contributed by atoms with Gasteiger partial charge in [-0.25, -0.2) is 4.98 Å². The zero-order valence-corrected chi connectivity index (χ0v) is 15.6. The first-order valence-corrected chi connectivity index (χ1v) is 8.90. The van der Waals surface area contributed by atoms with Crippen LogP contribution in [0.1, 0.15) is 29.7 Å². The Bertz CT molecular complexity index is 926. The van der Waals surface area contributed by atoms with Gasteiger partial charge in [-0.15, -0.1) is 6.42 Å². The number of likely N-dealkylation sites (tertiary alicyclic amines) is 1. The molecule has 1 fully saturated rings. The van der Waals surface area contributed by atoms with Crippen LogP contribution in [-0.4, -0.2) is 45.2 Å². The lowest BCUT2D eigenvalue weighted by Gasteiger charge is -2.29. The van der Waals surface area contributed by atoms with Crippen LogP contribution in [0.4, 0.5) is 0 Å². The third-order valence-corrected chi connectivity index (χ3v) is 5.29. The molecule has 0 aliphatic carbocycles. The molecule has 1 aliphatic heterocycles.